The van der Waals surface area contributed by atoms with Crippen LogP contribution in [0.15, 0.2) is 65.5 Å². The summed E-state index contributed by atoms with van der Waals surface area (Å²) in [4.78, 5) is 22.1. The summed E-state index contributed by atoms with van der Waals surface area (Å²) >= 11 is 3.48. The standard InChI is InChI=1S/C22H23BrN4O3S/c1-31(29,30)27-13-17-10-18(23)7-8-21(17)26(22(28)11-19-12-24-15-25-19)14-20(27)9-16-5-3-2-4-6-16/h2-8,10,12,15,20H,9,11,13-14H2,1H3,(H,24,25). The summed E-state index contributed by atoms with van der Waals surface area (Å²) in [6.45, 7) is 0.469. The SMILES string of the molecule is CS(=O)(=O)N1Cc2cc(Br)ccc2N(C(=O)Cc2c[nH]cn2)CC1Cc1ccccc1. The van der Waals surface area contributed by atoms with Crippen LogP contribution >= 0.6 is 15.9 Å². The average molecular weight is 503 g/mol. The van der Waals surface area contributed by atoms with Crippen molar-refractivity contribution in [3.63, 3.8) is 0 Å². The molecule has 3 aromatic rings. The number of nitrogens with one attached hydrogen (secondary N) is 1. The lowest BCUT2D eigenvalue weighted by Gasteiger charge is -2.30. The normalized spacial score (nSPS) is 17.2. The number of fused-ring (bicyclic) bond motifs is 1. The van der Waals surface area contributed by atoms with E-state index in [9.17, 15) is 13.2 Å². The number of rotatable bonds is 5. The number of carbonyl (C=O) groups excluding carboxylic acids is 1. The maximum atomic E-state index is 13.3. The molecular weight excluding hydrogens is 480 g/mol. The Hall–Kier alpha value is -2.49. The van der Waals surface area contributed by atoms with Gasteiger partial charge in [-0.2, -0.15) is 4.31 Å². The minimum atomic E-state index is -3.51. The largest absolute Gasteiger partial charge is 0.351 e. The molecule has 0 saturated carbocycles. The molecule has 1 N–H and O–H groups in total. The van der Waals surface area contributed by atoms with E-state index < -0.39 is 16.1 Å². The van der Waals surface area contributed by atoms with Gasteiger partial charge in [0.05, 0.1) is 24.7 Å². The van der Waals surface area contributed by atoms with E-state index in [0.717, 1.165) is 21.3 Å². The summed E-state index contributed by atoms with van der Waals surface area (Å²) in [5, 5.41) is 0. The average Bonchev–Trinajstić information content (AvgIpc) is 3.17. The molecule has 1 amide bonds. The van der Waals surface area contributed by atoms with Crippen molar-refractivity contribution in [1.29, 1.82) is 0 Å². The molecule has 1 atom stereocenters. The molecule has 31 heavy (non-hydrogen) atoms. The Kier molecular flexibility index (Phi) is 6.27. The molecule has 162 valence electrons. The van der Waals surface area contributed by atoms with E-state index in [2.05, 4.69) is 25.9 Å². The predicted molar refractivity (Wildman–Crippen MR) is 123 cm³/mol. The Labute approximate surface area is 190 Å². The zero-order valence-electron chi connectivity index (χ0n) is 17.0. The summed E-state index contributed by atoms with van der Waals surface area (Å²) < 4.78 is 27.9. The van der Waals surface area contributed by atoms with Gasteiger partial charge in [0, 0.05) is 35.5 Å². The van der Waals surface area contributed by atoms with E-state index >= 15 is 0 Å². The number of hydrogen-bond donors (Lipinski definition) is 1. The van der Waals surface area contributed by atoms with Crippen molar-refractivity contribution in [3.05, 3.63) is 82.3 Å². The second kappa shape index (κ2) is 8.94. The maximum Gasteiger partial charge on any atom is 0.233 e. The number of H-pyrrole nitrogens is 1. The molecule has 0 saturated heterocycles. The smallest absolute Gasteiger partial charge is 0.233 e. The third-order valence-corrected chi connectivity index (χ3v) is 7.16. The van der Waals surface area contributed by atoms with Gasteiger partial charge in [-0.1, -0.05) is 46.3 Å². The van der Waals surface area contributed by atoms with Crippen LogP contribution in [0.2, 0.25) is 0 Å². The first-order valence-corrected chi connectivity index (χ1v) is 12.5. The van der Waals surface area contributed by atoms with Gasteiger partial charge in [-0.25, -0.2) is 13.4 Å². The molecule has 4 rings (SSSR count). The van der Waals surface area contributed by atoms with E-state index in [0.29, 0.717) is 12.1 Å². The number of imidazole rings is 1. The summed E-state index contributed by atoms with van der Waals surface area (Å²) in [5.41, 5.74) is 3.18. The van der Waals surface area contributed by atoms with Gasteiger partial charge in [0.2, 0.25) is 15.9 Å². The van der Waals surface area contributed by atoms with Crippen LogP contribution in [-0.2, 0) is 34.2 Å². The van der Waals surface area contributed by atoms with Crippen LogP contribution in [0, 0.1) is 0 Å². The summed E-state index contributed by atoms with van der Waals surface area (Å²) in [6, 6.07) is 15.0. The monoisotopic (exact) mass is 502 g/mol. The van der Waals surface area contributed by atoms with Gasteiger partial charge in [-0.05, 0) is 35.7 Å². The van der Waals surface area contributed by atoms with Crippen molar-refractivity contribution < 1.29 is 13.2 Å². The highest BCUT2D eigenvalue weighted by Crippen LogP contribution is 2.32. The van der Waals surface area contributed by atoms with Gasteiger partial charge >= 0.3 is 0 Å². The molecule has 0 radical (unpaired) electrons. The predicted octanol–water partition coefficient (Wildman–Crippen LogP) is 3.13. The van der Waals surface area contributed by atoms with Crippen LogP contribution < -0.4 is 4.90 Å². The highest BCUT2D eigenvalue weighted by molar-refractivity contribution is 9.10. The molecule has 0 bridgehead atoms. The topological polar surface area (TPSA) is 86.4 Å². The van der Waals surface area contributed by atoms with E-state index in [1.165, 1.54) is 10.6 Å². The molecule has 0 aliphatic carbocycles. The number of amides is 1. The van der Waals surface area contributed by atoms with Crippen molar-refractivity contribution in [3.8, 4) is 0 Å². The van der Waals surface area contributed by atoms with Crippen molar-refractivity contribution >= 4 is 37.5 Å². The number of aromatic nitrogens is 2. The molecular formula is C22H23BrN4O3S. The lowest BCUT2D eigenvalue weighted by atomic mass is 10.1. The van der Waals surface area contributed by atoms with Crippen LogP contribution in [0.5, 0.6) is 0 Å². The van der Waals surface area contributed by atoms with Gasteiger partial charge in [-0.3, -0.25) is 4.79 Å². The van der Waals surface area contributed by atoms with Crippen LogP contribution in [-0.4, -0.2) is 47.4 Å². The fourth-order valence-corrected chi connectivity index (χ4v) is 5.42. The van der Waals surface area contributed by atoms with Crippen molar-refractivity contribution in [2.75, 3.05) is 17.7 Å². The number of hydrogen-bond acceptors (Lipinski definition) is 4. The second-order valence-corrected chi connectivity index (χ2v) is 10.5. The first kappa shape index (κ1) is 21.7. The number of sulfonamides is 1. The fraction of sp³-hybridized carbons (Fsp3) is 0.273. The molecule has 2 heterocycles. The molecule has 0 spiro atoms. The van der Waals surface area contributed by atoms with Gasteiger partial charge < -0.3 is 9.88 Å². The molecule has 1 aliphatic heterocycles. The Balaban J connectivity index is 1.75. The summed E-state index contributed by atoms with van der Waals surface area (Å²) in [7, 11) is -3.51. The van der Waals surface area contributed by atoms with Crippen molar-refractivity contribution in [2.45, 2.75) is 25.4 Å². The van der Waals surface area contributed by atoms with E-state index in [1.807, 2.05) is 48.5 Å². The van der Waals surface area contributed by atoms with Gasteiger partial charge in [0.15, 0.2) is 0 Å². The highest BCUT2D eigenvalue weighted by Gasteiger charge is 2.35. The molecule has 1 aromatic heterocycles. The number of anilines is 1. The van der Waals surface area contributed by atoms with Crippen LogP contribution in [0.25, 0.3) is 0 Å². The van der Waals surface area contributed by atoms with Gasteiger partial charge in [-0.15, -0.1) is 0 Å². The van der Waals surface area contributed by atoms with E-state index in [-0.39, 0.29) is 25.4 Å². The lowest BCUT2D eigenvalue weighted by Crippen LogP contribution is -2.47. The molecule has 1 unspecified atom stereocenters. The molecule has 1 aliphatic rings. The van der Waals surface area contributed by atoms with Gasteiger partial charge in [0.1, 0.15) is 0 Å². The minimum absolute atomic E-state index is 0.121. The number of benzene rings is 2. The zero-order valence-corrected chi connectivity index (χ0v) is 19.4. The van der Waals surface area contributed by atoms with Crippen LogP contribution in [0.1, 0.15) is 16.8 Å². The molecule has 2 aromatic carbocycles. The minimum Gasteiger partial charge on any atom is -0.351 e. The van der Waals surface area contributed by atoms with E-state index in [4.69, 9.17) is 0 Å². The van der Waals surface area contributed by atoms with Crippen molar-refractivity contribution in [2.24, 2.45) is 0 Å². The Bertz CT molecular complexity index is 1170. The van der Waals surface area contributed by atoms with E-state index in [1.54, 1.807) is 17.4 Å². The second-order valence-electron chi connectivity index (χ2n) is 7.67. The molecule has 9 heteroatoms. The van der Waals surface area contributed by atoms with Crippen LogP contribution in [0.4, 0.5) is 5.69 Å². The first-order valence-electron chi connectivity index (χ1n) is 9.88. The zero-order chi connectivity index (χ0) is 22.0. The Morgan fingerprint density at radius 3 is 2.68 bits per heavy atom. The van der Waals surface area contributed by atoms with Crippen molar-refractivity contribution in [1.82, 2.24) is 14.3 Å². The highest BCUT2D eigenvalue weighted by atomic mass is 79.9. The quantitative estimate of drug-likeness (QED) is 0.580. The lowest BCUT2D eigenvalue weighted by molar-refractivity contribution is -0.118. The third kappa shape index (κ3) is 5.06. The molecule has 0 fully saturated rings. The van der Waals surface area contributed by atoms with Gasteiger partial charge in [0.25, 0.3) is 0 Å². The number of carbonyl (C=O) groups is 1. The number of halogens is 1. The summed E-state index contributed by atoms with van der Waals surface area (Å²) in [6.07, 6.45) is 5.11. The van der Waals surface area contributed by atoms with Crippen LogP contribution in [0.3, 0.4) is 0 Å². The Morgan fingerprint density at radius 2 is 2.00 bits per heavy atom. The number of nitrogens with zero attached hydrogens (tertiary/aromatic N) is 3. The third-order valence-electron chi connectivity index (χ3n) is 5.39. The summed E-state index contributed by atoms with van der Waals surface area (Å²) in [5.74, 6) is -0.121. The number of aromatic amines is 1. The molecule has 7 nitrogen and oxygen atoms in total. The Morgan fingerprint density at radius 1 is 1.23 bits per heavy atom. The maximum absolute atomic E-state index is 13.3. The first-order chi connectivity index (χ1) is 14.8. The fourth-order valence-electron chi connectivity index (χ4n) is 3.96.